The van der Waals surface area contributed by atoms with E-state index in [0.29, 0.717) is 23.2 Å². The van der Waals surface area contributed by atoms with Gasteiger partial charge in [-0.05, 0) is 30.3 Å². The molecule has 0 saturated carbocycles. The molecule has 4 rings (SSSR count). The molecule has 0 unspecified atom stereocenters. The van der Waals surface area contributed by atoms with Gasteiger partial charge in [-0.3, -0.25) is 4.79 Å². The number of hydrogen-bond acceptors (Lipinski definition) is 5. The van der Waals surface area contributed by atoms with Crippen molar-refractivity contribution < 1.29 is 9.21 Å². The predicted molar refractivity (Wildman–Crippen MR) is 90.8 cm³/mol. The van der Waals surface area contributed by atoms with E-state index < -0.39 is 0 Å². The van der Waals surface area contributed by atoms with Crippen molar-refractivity contribution in [3.63, 3.8) is 0 Å². The first-order valence-electron chi connectivity index (χ1n) is 7.41. The van der Waals surface area contributed by atoms with Gasteiger partial charge in [-0.15, -0.1) is 0 Å². The molecule has 0 aliphatic carbocycles. The van der Waals surface area contributed by atoms with Gasteiger partial charge in [0, 0.05) is 22.3 Å². The fourth-order valence-electron chi connectivity index (χ4n) is 2.63. The normalized spacial score (nSPS) is 12.8. The van der Waals surface area contributed by atoms with Gasteiger partial charge in [-0.1, -0.05) is 11.6 Å². The van der Waals surface area contributed by atoms with Gasteiger partial charge in [0.15, 0.2) is 0 Å². The number of carbonyl (C=O) groups is 1. The lowest BCUT2D eigenvalue weighted by Gasteiger charge is -2.10. The largest absolute Gasteiger partial charge is 0.467 e. The van der Waals surface area contributed by atoms with E-state index in [1.807, 2.05) is 18.2 Å². The molecule has 6 nitrogen and oxygen atoms in total. The molecule has 1 aliphatic rings. The van der Waals surface area contributed by atoms with E-state index in [0.717, 1.165) is 22.6 Å². The quantitative estimate of drug-likeness (QED) is 0.762. The van der Waals surface area contributed by atoms with Crippen LogP contribution in [0.5, 0.6) is 0 Å². The molecule has 2 aromatic heterocycles. The van der Waals surface area contributed by atoms with Gasteiger partial charge in [0.2, 0.25) is 11.9 Å². The van der Waals surface area contributed by atoms with Crippen molar-refractivity contribution in [3.8, 4) is 11.3 Å². The summed E-state index contributed by atoms with van der Waals surface area (Å²) in [5.74, 6) is 1.15. The smallest absolute Gasteiger partial charge is 0.228 e. The third-order valence-corrected chi connectivity index (χ3v) is 3.96. The molecule has 120 valence electrons. The first kappa shape index (κ1) is 14.7. The van der Waals surface area contributed by atoms with Crippen LogP contribution in [0.3, 0.4) is 0 Å². The lowest BCUT2D eigenvalue weighted by molar-refractivity contribution is -0.115. The van der Waals surface area contributed by atoms with Gasteiger partial charge in [0.1, 0.15) is 5.76 Å². The number of benzene rings is 1. The average Bonchev–Trinajstić information content (AvgIpc) is 3.03. The van der Waals surface area contributed by atoms with E-state index in [1.165, 1.54) is 0 Å². The van der Waals surface area contributed by atoms with Crippen LogP contribution in [-0.4, -0.2) is 15.9 Å². The highest BCUT2D eigenvalue weighted by Crippen LogP contribution is 2.34. The Morgan fingerprint density at radius 3 is 3.08 bits per heavy atom. The van der Waals surface area contributed by atoms with Gasteiger partial charge >= 0.3 is 0 Å². The molecule has 0 radical (unpaired) electrons. The lowest BCUT2D eigenvalue weighted by Crippen LogP contribution is -2.13. The van der Waals surface area contributed by atoms with Crippen LogP contribution in [-0.2, 0) is 17.8 Å². The molecule has 3 aromatic rings. The van der Waals surface area contributed by atoms with Gasteiger partial charge in [-0.2, -0.15) is 0 Å². The number of fused-ring (bicyclic) bond motifs is 3. The predicted octanol–water partition coefficient (Wildman–Crippen LogP) is 3.50. The van der Waals surface area contributed by atoms with Crippen LogP contribution in [0.25, 0.3) is 11.3 Å². The Balaban J connectivity index is 1.72. The van der Waals surface area contributed by atoms with E-state index in [1.54, 1.807) is 24.6 Å². The molecule has 0 atom stereocenters. The maximum atomic E-state index is 12.0. The van der Waals surface area contributed by atoms with Crippen molar-refractivity contribution in [2.75, 3.05) is 10.6 Å². The van der Waals surface area contributed by atoms with Gasteiger partial charge in [0.05, 0.1) is 30.6 Å². The van der Waals surface area contributed by atoms with Crippen molar-refractivity contribution in [2.24, 2.45) is 0 Å². The van der Waals surface area contributed by atoms with Crippen molar-refractivity contribution in [1.29, 1.82) is 0 Å². The number of halogens is 1. The molecule has 3 heterocycles. The zero-order valence-electron chi connectivity index (χ0n) is 12.5. The molecule has 0 saturated heterocycles. The number of rotatable bonds is 3. The number of nitrogens with one attached hydrogen (secondary N) is 2. The molecule has 1 amide bonds. The highest BCUT2D eigenvalue weighted by Gasteiger charge is 2.21. The summed E-state index contributed by atoms with van der Waals surface area (Å²) in [5.41, 5.74) is 2.97. The molecule has 1 aliphatic heterocycles. The Morgan fingerprint density at radius 2 is 2.25 bits per heavy atom. The number of anilines is 2. The maximum Gasteiger partial charge on any atom is 0.228 e. The Hall–Kier alpha value is -2.86. The number of nitrogens with zero attached hydrogens (tertiary/aromatic N) is 2. The van der Waals surface area contributed by atoms with Gasteiger partial charge in [-0.25, -0.2) is 9.97 Å². The molecular formula is C17H13ClN4O2. The summed E-state index contributed by atoms with van der Waals surface area (Å²) in [6.07, 6.45) is 3.52. The lowest BCUT2D eigenvalue weighted by atomic mass is 10.1. The van der Waals surface area contributed by atoms with E-state index in [2.05, 4.69) is 20.6 Å². The summed E-state index contributed by atoms with van der Waals surface area (Å²) in [4.78, 5) is 20.9. The molecule has 1 aromatic carbocycles. The number of hydrogen-bond donors (Lipinski definition) is 2. The Bertz CT molecular complexity index is 909. The van der Waals surface area contributed by atoms with E-state index >= 15 is 0 Å². The fourth-order valence-corrected chi connectivity index (χ4v) is 2.80. The monoisotopic (exact) mass is 340 g/mol. The number of carbonyl (C=O) groups excluding carboxylic acids is 1. The summed E-state index contributed by atoms with van der Waals surface area (Å²) in [7, 11) is 0. The molecule has 0 fully saturated rings. The first-order chi connectivity index (χ1) is 11.7. The highest BCUT2D eigenvalue weighted by molar-refractivity contribution is 6.31. The summed E-state index contributed by atoms with van der Waals surface area (Å²) >= 11 is 6.04. The topological polar surface area (TPSA) is 80.1 Å². The fraction of sp³-hybridized carbons (Fsp3) is 0.118. The summed E-state index contributed by atoms with van der Waals surface area (Å²) < 4.78 is 5.28. The third-order valence-electron chi connectivity index (χ3n) is 3.73. The van der Waals surface area contributed by atoms with Gasteiger partial charge < -0.3 is 15.1 Å². The summed E-state index contributed by atoms with van der Waals surface area (Å²) in [5, 5.41) is 6.54. The minimum Gasteiger partial charge on any atom is -0.467 e. The number of amides is 1. The minimum atomic E-state index is -0.114. The molecular weight excluding hydrogens is 328 g/mol. The first-order valence-corrected chi connectivity index (χ1v) is 7.79. The van der Waals surface area contributed by atoms with Crippen molar-refractivity contribution >= 4 is 29.1 Å². The van der Waals surface area contributed by atoms with Crippen LogP contribution < -0.4 is 10.6 Å². The Morgan fingerprint density at radius 1 is 1.33 bits per heavy atom. The van der Waals surface area contributed by atoms with Crippen molar-refractivity contribution in [3.05, 3.63) is 59.1 Å². The third kappa shape index (κ3) is 2.83. The average molecular weight is 341 g/mol. The molecule has 24 heavy (non-hydrogen) atoms. The van der Waals surface area contributed by atoms with Crippen LogP contribution in [0.2, 0.25) is 5.02 Å². The molecule has 0 spiro atoms. The Kier molecular flexibility index (Phi) is 3.66. The van der Waals surface area contributed by atoms with Crippen LogP contribution in [0, 0.1) is 0 Å². The van der Waals surface area contributed by atoms with Crippen LogP contribution in [0.1, 0.15) is 11.3 Å². The second-order valence-corrected chi connectivity index (χ2v) is 5.85. The summed E-state index contributed by atoms with van der Waals surface area (Å²) in [6, 6.07) is 9.05. The molecule has 2 N–H and O–H groups in total. The van der Waals surface area contributed by atoms with Crippen molar-refractivity contribution in [1.82, 2.24) is 9.97 Å². The SMILES string of the molecule is O=C1Cc2cnc(NCc3ccco3)nc2-c2ccc(Cl)cc2N1. The number of aromatic nitrogens is 2. The summed E-state index contributed by atoms with van der Waals surface area (Å²) in [6.45, 7) is 0.483. The van der Waals surface area contributed by atoms with Crippen LogP contribution in [0.15, 0.2) is 47.2 Å². The van der Waals surface area contributed by atoms with Crippen LogP contribution in [0.4, 0.5) is 11.6 Å². The van der Waals surface area contributed by atoms with E-state index in [9.17, 15) is 4.79 Å². The maximum absolute atomic E-state index is 12.0. The Labute approximate surface area is 142 Å². The zero-order valence-corrected chi connectivity index (χ0v) is 13.3. The zero-order chi connectivity index (χ0) is 16.5. The molecule has 0 bridgehead atoms. The molecule has 7 heteroatoms. The van der Waals surface area contributed by atoms with E-state index in [-0.39, 0.29) is 12.3 Å². The van der Waals surface area contributed by atoms with Gasteiger partial charge in [0.25, 0.3) is 0 Å². The number of furan rings is 1. The minimum absolute atomic E-state index is 0.114. The second-order valence-electron chi connectivity index (χ2n) is 5.42. The van der Waals surface area contributed by atoms with Crippen molar-refractivity contribution in [2.45, 2.75) is 13.0 Å². The second kappa shape index (κ2) is 5.98. The van der Waals surface area contributed by atoms with Crippen LogP contribution >= 0.6 is 11.6 Å². The highest BCUT2D eigenvalue weighted by atomic mass is 35.5. The standard InChI is InChI=1S/C17H13ClN4O2/c18-11-3-4-13-14(7-11)21-15(23)6-10-8-19-17(22-16(10)13)20-9-12-2-1-5-24-12/h1-5,7-8H,6,9H2,(H,21,23)(H,19,20,22). The van der Waals surface area contributed by atoms with E-state index in [4.69, 9.17) is 16.0 Å².